The fourth-order valence-corrected chi connectivity index (χ4v) is 2.39. The first-order valence-electron chi connectivity index (χ1n) is 7.24. The molecule has 0 aliphatic heterocycles. The number of rotatable bonds is 3. The van der Waals surface area contributed by atoms with Gasteiger partial charge in [-0.1, -0.05) is 30.3 Å². The third-order valence-corrected chi connectivity index (χ3v) is 3.62. The van der Waals surface area contributed by atoms with Crippen molar-refractivity contribution in [1.82, 2.24) is 0 Å². The van der Waals surface area contributed by atoms with Gasteiger partial charge in [0.25, 0.3) is 0 Å². The van der Waals surface area contributed by atoms with Crippen LogP contribution in [0.3, 0.4) is 0 Å². The summed E-state index contributed by atoms with van der Waals surface area (Å²) < 4.78 is 2.04. The van der Waals surface area contributed by atoms with Gasteiger partial charge >= 0.3 is 0 Å². The van der Waals surface area contributed by atoms with Crippen molar-refractivity contribution in [3.05, 3.63) is 83.9 Å². The number of nitrogens with zero attached hydrogens (tertiary/aromatic N) is 2. The summed E-state index contributed by atoms with van der Waals surface area (Å²) >= 11 is 0. The summed E-state index contributed by atoms with van der Waals surface area (Å²) in [4.78, 5) is 4.45. The summed E-state index contributed by atoms with van der Waals surface area (Å²) in [5.74, 6) is 0.754. The van der Waals surface area contributed by atoms with Crippen LogP contribution in [0.15, 0.2) is 71.7 Å². The molecule has 0 fully saturated rings. The largest absolute Gasteiger partial charge is 0.299 e. The molecule has 0 spiro atoms. The molecular weight excluding hydrogens is 357 g/mol. The second-order valence-electron chi connectivity index (χ2n) is 5.15. The average molecular weight is 374 g/mol. The minimum absolute atomic E-state index is 0. The van der Waals surface area contributed by atoms with E-state index in [0.717, 1.165) is 17.1 Å². The van der Waals surface area contributed by atoms with E-state index < -0.39 is 0 Å². The zero-order valence-corrected chi connectivity index (χ0v) is 16.2. The standard InChI is InChI=1S/C20H17N2.Y/c1-16-9-6-7-12-18(16)19-13-8-14-20(22(19)2)21-15-17-10-4-3-5-11-17;/h3-13H,1-2H3;/q-1;. The minimum atomic E-state index is 0. The van der Waals surface area contributed by atoms with Gasteiger partial charge in [0.1, 0.15) is 0 Å². The molecular formula is C20H17N2Y-. The number of hydrogen-bond donors (Lipinski definition) is 0. The number of aromatic nitrogens is 1. The molecule has 0 atom stereocenters. The molecule has 0 saturated carbocycles. The summed E-state index contributed by atoms with van der Waals surface area (Å²) in [7, 11) is 2.00. The molecule has 0 saturated heterocycles. The van der Waals surface area contributed by atoms with Crippen LogP contribution >= 0.6 is 0 Å². The van der Waals surface area contributed by atoms with E-state index in [9.17, 15) is 0 Å². The van der Waals surface area contributed by atoms with Crippen molar-refractivity contribution in [3.8, 4) is 11.3 Å². The van der Waals surface area contributed by atoms with E-state index in [1.807, 2.05) is 48.0 Å². The third-order valence-electron chi connectivity index (χ3n) is 3.62. The Morgan fingerprint density at radius 1 is 0.957 bits per heavy atom. The number of aryl methyl sites for hydroxylation is 1. The van der Waals surface area contributed by atoms with Crippen LogP contribution in [-0.2, 0) is 39.8 Å². The molecule has 1 radical (unpaired) electrons. The van der Waals surface area contributed by atoms with Crippen molar-refractivity contribution in [2.75, 3.05) is 0 Å². The van der Waals surface area contributed by atoms with Crippen molar-refractivity contribution in [3.63, 3.8) is 0 Å². The smallest absolute Gasteiger partial charge is 0.156 e. The first-order valence-corrected chi connectivity index (χ1v) is 7.24. The fraction of sp³-hybridized carbons (Fsp3) is 0.100. The van der Waals surface area contributed by atoms with E-state index >= 15 is 0 Å². The van der Waals surface area contributed by atoms with Crippen LogP contribution in [-0.4, -0.2) is 6.21 Å². The molecule has 23 heavy (non-hydrogen) atoms. The summed E-state index contributed by atoms with van der Waals surface area (Å²) in [5, 5.41) is 0. The first-order chi connectivity index (χ1) is 10.8. The van der Waals surface area contributed by atoms with Crippen molar-refractivity contribution in [1.29, 1.82) is 0 Å². The minimum Gasteiger partial charge on any atom is -0.299 e. The quantitative estimate of drug-likeness (QED) is 0.376. The second-order valence-corrected chi connectivity index (χ2v) is 5.15. The fourth-order valence-electron chi connectivity index (χ4n) is 2.39. The molecule has 0 amide bonds. The van der Waals surface area contributed by atoms with Gasteiger partial charge in [-0.2, -0.15) is 11.1 Å². The number of hydrogen-bond acceptors (Lipinski definition) is 1. The monoisotopic (exact) mass is 374 g/mol. The van der Waals surface area contributed by atoms with Crippen LogP contribution in [0.1, 0.15) is 11.1 Å². The molecule has 3 rings (SSSR count). The Balaban J connectivity index is 0.00000192. The summed E-state index contributed by atoms with van der Waals surface area (Å²) in [6.45, 7) is 2.12. The molecule has 3 heteroatoms. The zero-order valence-electron chi connectivity index (χ0n) is 13.3. The normalized spacial score (nSPS) is 10.5. The van der Waals surface area contributed by atoms with E-state index in [-0.39, 0.29) is 32.7 Å². The molecule has 3 aromatic rings. The van der Waals surface area contributed by atoms with Gasteiger partial charge in [0.15, 0.2) is 5.82 Å². The molecule has 2 aromatic carbocycles. The Labute approximate surface area is 162 Å². The Morgan fingerprint density at radius 2 is 1.65 bits per heavy atom. The van der Waals surface area contributed by atoms with Crippen molar-refractivity contribution in [2.24, 2.45) is 12.0 Å². The van der Waals surface area contributed by atoms with Gasteiger partial charge in [-0.05, 0) is 12.5 Å². The maximum Gasteiger partial charge on any atom is 0.156 e. The van der Waals surface area contributed by atoms with Gasteiger partial charge in [0.05, 0.1) is 13.3 Å². The van der Waals surface area contributed by atoms with Crippen LogP contribution in [0, 0.1) is 13.0 Å². The second kappa shape index (κ2) is 8.28. The van der Waals surface area contributed by atoms with Gasteiger partial charge < -0.3 is 0 Å². The van der Waals surface area contributed by atoms with Crippen LogP contribution in [0.25, 0.3) is 11.3 Å². The van der Waals surface area contributed by atoms with Crippen LogP contribution in [0.4, 0.5) is 5.82 Å². The summed E-state index contributed by atoms with van der Waals surface area (Å²) in [5.41, 5.74) is 4.52. The molecule has 0 unspecified atom stereocenters. The molecule has 0 N–H and O–H groups in total. The average Bonchev–Trinajstić information content (AvgIpc) is 2.56. The van der Waals surface area contributed by atoms with Crippen molar-refractivity contribution < 1.29 is 37.3 Å². The predicted octanol–water partition coefficient (Wildman–Crippen LogP) is 3.91. The Bertz CT molecular complexity index is 811. The van der Waals surface area contributed by atoms with Gasteiger partial charge in [0.2, 0.25) is 0 Å². The molecule has 1 heterocycles. The molecule has 0 aliphatic carbocycles. The molecule has 0 bridgehead atoms. The van der Waals surface area contributed by atoms with Gasteiger partial charge in [0, 0.05) is 44.0 Å². The van der Waals surface area contributed by atoms with E-state index in [0.29, 0.717) is 0 Å². The molecule has 2 nitrogen and oxygen atoms in total. The van der Waals surface area contributed by atoms with Crippen LogP contribution < -0.4 is 4.57 Å². The summed E-state index contributed by atoms with van der Waals surface area (Å²) in [6.07, 6.45) is 3.07. The Hall–Kier alpha value is -1.64. The topological polar surface area (TPSA) is 16.2 Å². The third kappa shape index (κ3) is 4.22. The van der Waals surface area contributed by atoms with Gasteiger partial charge in [-0.15, -0.1) is 29.8 Å². The summed E-state index contributed by atoms with van der Waals surface area (Å²) in [6, 6.07) is 25.4. The SMILES string of the molecule is Cc1ccccc1-c1cc[c-]c(N=[C-]c2ccccc2)[n+]1C.[Y]. The Morgan fingerprint density at radius 3 is 2.39 bits per heavy atom. The van der Waals surface area contributed by atoms with Crippen LogP contribution in [0.2, 0.25) is 0 Å². The number of benzene rings is 2. The molecule has 111 valence electrons. The number of aliphatic imine (C=N–C) groups is 1. The molecule has 1 aromatic heterocycles. The van der Waals surface area contributed by atoms with Crippen LogP contribution in [0.5, 0.6) is 0 Å². The Kier molecular flexibility index (Phi) is 6.38. The van der Waals surface area contributed by atoms with E-state index in [4.69, 9.17) is 0 Å². The van der Waals surface area contributed by atoms with E-state index in [2.05, 4.69) is 54.5 Å². The maximum atomic E-state index is 4.45. The van der Waals surface area contributed by atoms with Crippen molar-refractivity contribution >= 4 is 12.0 Å². The van der Waals surface area contributed by atoms with E-state index in [1.165, 1.54) is 11.1 Å². The van der Waals surface area contributed by atoms with E-state index in [1.54, 1.807) is 0 Å². The first kappa shape index (κ1) is 17.7. The molecule has 0 aliphatic rings. The predicted molar refractivity (Wildman–Crippen MR) is 89.3 cm³/mol. The maximum absolute atomic E-state index is 4.45. The zero-order chi connectivity index (χ0) is 15.4. The van der Waals surface area contributed by atoms with Gasteiger partial charge in [-0.25, -0.2) is 12.1 Å². The van der Waals surface area contributed by atoms with Gasteiger partial charge in [-0.3, -0.25) is 4.57 Å². The van der Waals surface area contributed by atoms with Crippen molar-refractivity contribution in [2.45, 2.75) is 6.92 Å². The number of pyridine rings is 1.